The van der Waals surface area contributed by atoms with E-state index >= 15 is 0 Å². The van der Waals surface area contributed by atoms with Crippen LogP contribution in [-0.4, -0.2) is 25.5 Å². The van der Waals surface area contributed by atoms with E-state index in [1.54, 1.807) is 0 Å². The number of rotatable bonds is 3. The monoisotopic (exact) mass is 282 g/mol. The summed E-state index contributed by atoms with van der Waals surface area (Å²) in [5.74, 6) is 0. The van der Waals surface area contributed by atoms with Crippen molar-refractivity contribution in [3.63, 3.8) is 0 Å². The lowest BCUT2D eigenvalue weighted by Gasteiger charge is -2.15. The van der Waals surface area contributed by atoms with Gasteiger partial charge in [-0.2, -0.15) is 0 Å². The Hall–Kier alpha value is -0.380. The molecule has 1 aliphatic rings. The average Bonchev–Trinajstić information content (AvgIpc) is 2.73. The molecule has 2 rings (SSSR count). The molecule has 88 valence electrons. The maximum atomic E-state index is 3.67. The van der Waals surface area contributed by atoms with Gasteiger partial charge in [0.25, 0.3) is 0 Å². The Morgan fingerprint density at radius 2 is 2.25 bits per heavy atom. The molecule has 1 fully saturated rings. The Morgan fingerprint density at radius 3 is 2.81 bits per heavy atom. The molecule has 1 atom stereocenters. The van der Waals surface area contributed by atoms with E-state index in [9.17, 15) is 0 Å². The summed E-state index contributed by atoms with van der Waals surface area (Å²) in [5, 5.41) is 3.53. The average molecular weight is 283 g/mol. The van der Waals surface area contributed by atoms with Crippen molar-refractivity contribution in [3.05, 3.63) is 33.8 Å². The highest BCUT2D eigenvalue weighted by molar-refractivity contribution is 9.10. The van der Waals surface area contributed by atoms with Crippen LogP contribution in [0, 0.1) is 0 Å². The lowest BCUT2D eigenvalue weighted by atomic mass is 10.0. The summed E-state index contributed by atoms with van der Waals surface area (Å²) >= 11 is 3.67. The van der Waals surface area contributed by atoms with Gasteiger partial charge in [-0.1, -0.05) is 28.1 Å². The molecular weight excluding hydrogens is 264 g/mol. The third-order valence-corrected chi connectivity index (χ3v) is 3.76. The molecule has 2 nitrogen and oxygen atoms in total. The Bertz CT molecular complexity index is 357. The minimum Gasteiger partial charge on any atom is -0.310 e. The first-order valence-corrected chi connectivity index (χ1v) is 6.62. The minimum atomic E-state index is 0.560. The smallest absolute Gasteiger partial charge is 0.0321 e. The maximum absolute atomic E-state index is 3.67. The summed E-state index contributed by atoms with van der Waals surface area (Å²) < 4.78 is 1.23. The van der Waals surface area contributed by atoms with Crippen molar-refractivity contribution >= 4 is 15.9 Å². The fraction of sp³-hybridized carbons (Fsp3) is 0.538. The molecule has 0 aliphatic carbocycles. The molecule has 0 saturated carbocycles. The zero-order valence-electron chi connectivity index (χ0n) is 9.96. The molecule has 0 bridgehead atoms. The summed E-state index contributed by atoms with van der Waals surface area (Å²) in [6.45, 7) is 2.14. The van der Waals surface area contributed by atoms with Crippen LogP contribution in [0.3, 0.4) is 0 Å². The van der Waals surface area contributed by atoms with Gasteiger partial charge in [-0.05, 0) is 50.7 Å². The molecule has 0 amide bonds. The van der Waals surface area contributed by atoms with Crippen molar-refractivity contribution < 1.29 is 0 Å². The van der Waals surface area contributed by atoms with Gasteiger partial charge < -0.3 is 10.2 Å². The minimum absolute atomic E-state index is 0.560. The highest BCUT2D eigenvalue weighted by Crippen LogP contribution is 2.27. The van der Waals surface area contributed by atoms with Crippen molar-refractivity contribution in [1.29, 1.82) is 0 Å². The van der Waals surface area contributed by atoms with Crippen LogP contribution in [0.4, 0.5) is 0 Å². The highest BCUT2D eigenvalue weighted by atomic mass is 79.9. The summed E-state index contributed by atoms with van der Waals surface area (Å²) in [7, 11) is 4.19. The quantitative estimate of drug-likeness (QED) is 0.917. The maximum Gasteiger partial charge on any atom is 0.0321 e. The highest BCUT2D eigenvalue weighted by Gasteiger charge is 2.16. The molecule has 1 N–H and O–H groups in total. The molecule has 1 saturated heterocycles. The molecule has 1 aromatic carbocycles. The van der Waals surface area contributed by atoms with E-state index in [0.717, 1.165) is 13.1 Å². The van der Waals surface area contributed by atoms with Gasteiger partial charge in [0.15, 0.2) is 0 Å². The number of nitrogens with zero attached hydrogens (tertiary/aromatic N) is 1. The Labute approximate surface area is 106 Å². The van der Waals surface area contributed by atoms with Gasteiger partial charge in [-0.3, -0.25) is 0 Å². The van der Waals surface area contributed by atoms with Gasteiger partial charge in [0.05, 0.1) is 0 Å². The number of halogens is 1. The first-order chi connectivity index (χ1) is 7.66. The fourth-order valence-electron chi connectivity index (χ4n) is 2.22. The molecule has 0 aromatic heterocycles. The molecule has 1 aliphatic heterocycles. The van der Waals surface area contributed by atoms with E-state index in [-0.39, 0.29) is 0 Å². The van der Waals surface area contributed by atoms with E-state index in [2.05, 4.69) is 58.4 Å². The summed E-state index contributed by atoms with van der Waals surface area (Å²) in [4.78, 5) is 2.19. The normalized spacial score (nSPS) is 20.6. The zero-order valence-corrected chi connectivity index (χ0v) is 11.5. The second-order valence-electron chi connectivity index (χ2n) is 4.74. The summed E-state index contributed by atoms with van der Waals surface area (Å²) in [6.07, 6.45) is 2.56. The molecule has 16 heavy (non-hydrogen) atoms. The zero-order chi connectivity index (χ0) is 11.5. The SMILES string of the molecule is CN(C)Cc1ccc(C2CCCN2)cc1Br. The molecule has 1 heterocycles. The largest absolute Gasteiger partial charge is 0.310 e. The van der Waals surface area contributed by atoms with E-state index in [1.807, 2.05) is 0 Å². The first kappa shape index (κ1) is 12.1. The van der Waals surface area contributed by atoms with Gasteiger partial charge in [0.1, 0.15) is 0 Å². The van der Waals surface area contributed by atoms with Gasteiger partial charge >= 0.3 is 0 Å². The van der Waals surface area contributed by atoms with E-state index < -0.39 is 0 Å². The van der Waals surface area contributed by atoms with Crippen LogP contribution in [0.2, 0.25) is 0 Å². The summed E-state index contributed by atoms with van der Waals surface area (Å²) in [6, 6.07) is 7.32. The second kappa shape index (κ2) is 5.30. The van der Waals surface area contributed by atoms with Crippen LogP contribution < -0.4 is 5.32 Å². The predicted octanol–water partition coefficient (Wildman–Crippen LogP) is 2.94. The van der Waals surface area contributed by atoms with Crippen LogP contribution in [0.25, 0.3) is 0 Å². The topological polar surface area (TPSA) is 15.3 Å². The van der Waals surface area contributed by atoms with Gasteiger partial charge in [-0.15, -0.1) is 0 Å². The number of nitrogens with one attached hydrogen (secondary N) is 1. The fourth-order valence-corrected chi connectivity index (χ4v) is 2.74. The van der Waals surface area contributed by atoms with Crippen molar-refractivity contribution in [2.45, 2.75) is 25.4 Å². The number of hydrogen-bond acceptors (Lipinski definition) is 2. The lowest BCUT2D eigenvalue weighted by molar-refractivity contribution is 0.401. The van der Waals surface area contributed by atoms with E-state index in [1.165, 1.54) is 28.4 Å². The second-order valence-corrected chi connectivity index (χ2v) is 5.59. The van der Waals surface area contributed by atoms with Crippen LogP contribution >= 0.6 is 15.9 Å². The van der Waals surface area contributed by atoms with Crippen LogP contribution in [-0.2, 0) is 6.54 Å². The molecule has 1 unspecified atom stereocenters. The summed E-state index contributed by atoms with van der Waals surface area (Å²) in [5.41, 5.74) is 2.76. The standard InChI is InChI=1S/C13H19BrN2/c1-16(2)9-11-6-5-10(8-12(11)14)13-4-3-7-15-13/h5-6,8,13,15H,3-4,7,9H2,1-2H3. The molecule has 0 spiro atoms. The third kappa shape index (κ3) is 2.84. The number of benzene rings is 1. The number of hydrogen-bond donors (Lipinski definition) is 1. The van der Waals surface area contributed by atoms with E-state index in [0.29, 0.717) is 6.04 Å². The van der Waals surface area contributed by atoms with Gasteiger partial charge in [-0.25, -0.2) is 0 Å². The Morgan fingerprint density at radius 1 is 1.44 bits per heavy atom. The Balaban J connectivity index is 2.15. The molecular formula is C13H19BrN2. The predicted molar refractivity (Wildman–Crippen MR) is 71.5 cm³/mol. The van der Waals surface area contributed by atoms with Crippen molar-refractivity contribution in [2.24, 2.45) is 0 Å². The Kier molecular flexibility index (Phi) is 4.00. The van der Waals surface area contributed by atoms with Crippen molar-refractivity contribution in [3.8, 4) is 0 Å². The van der Waals surface area contributed by atoms with Crippen LogP contribution in [0.5, 0.6) is 0 Å². The molecule has 3 heteroatoms. The van der Waals surface area contributed by atoms with Crippen LogP contribution in [0.15, 0.2) is 22.7 Å². The van der Waals surface area contributed by atoms with Crippen LogP contribution in [0.1, 0.15) is 30.0 Å². The molecule has 0 radical (unpaired) electrons. The van der Waals surface area contributed by atoms with Crippen molar-refractivity contribution in [2.75, 3.05) is 20.6 Å². The third-order valence-electron chi connectivity index (χ3n) is 3.03. The van der Waals surface area contributed by atoms with E-state index in [4.69, 9.17) is 0 Å². The first-order valence-electron chi connectivity index (χ1n) is 5.83. The lowest BCUT2D eigenvalue weighted by Crippen LogP contribution is -2.14. The van der Waals surface area contributed by atoms with Crippen molar-refractivity contribution in [1.82, 2.24) is 10.2 Å². The van der Waals surface area contributed by atoms with Gasteiger partial charge in [0, 0.05) is 17.1 Å². The van der Waals surface area contributed by atoms with Gasteiger partial charge in [0.2, 0.25) is 0 Å². The molecule has 1 aromatic rings.